The van der Waals surface area contributed by atoms with Gasteiger partial charge in [-0.3, -0.25) is 9.88 Å². The topological polar surface area (TPSA) is 24.3 Å². The van der Waals surface area contributed by atoms with E-state index in [2.05, 4.69) is 107 Å². The number of hydrogen-bond acceptors (Lipinski definition) is 3. The predicted molar refractivity (Wildman–Crippen MR) is 129 cm³/mol. The van der Waals surface area contributed by atoms with Crippen molar-refractivity contribution in [2.75, 3.05) is 20.6 Å². The quantitative estimate of drug-likeness (QED) is 0.382. The molecule has 0 aliphatic carbocycles. The summed E-state index contributed by atoms with van der Waals surface area (Å²) in [4.78, 5) is 8.95. The van der Waals surface area contributed by atoms with Gasteiger partial charge in [-0.05, 0) is 55.9 Å². The molecule has 2 aromatic carbocycles. The van der Waals surface area contributed by atoms with Gasteiger partial charge in [0.1, 0.15) is 0 Å². The zero-order chi connectivity index (χ0) is 21.6. The predicted octanol–water partition coefficient (Wildman–Crippen LogP) is 5.11. The Morgan fingerprint density at radius 1 is 0.806 bits per heavy atom. The summed E-state index contributed by atoms with van der Waals surface area (Å²) in [6, 6.07) is 21.9. The summed E-state index contributed by atoms with van der Waals surface area (Å²) in [6.07, 6.45) is 6.11. The fourth-order valence-electron chi connectivity index (χ4n) is 4.05. The standard InChI is InChI=1S/C27H32N4/c1-22-8-10-23(11-9-22)18-30(19-24-12-14-28-15-13-24)20-25-21-31(17-16-29(2)3)27-7-5-4-6-26(25)27/h4-15,21H,16-20H2,1-3H3. The summed E-state index contributed by atoms with van der Waals surface area (Å²) < 4.78 is 2.40. The first kappa shape index (κ1) is 21.3. The van der Waals surface area contributed by atoms with Crippen molar-refractivity contribution in [2.45, 2.75) is 33.1 Å². The molecule has 4 rings (SSSR count). The van der Waals surface area contributed by atoms with Gasteiger partial charge in [0, 0.05) is 62.2 Å². The maximum Gasteiger partial charge on any atom is 0.0484 e. The van der Waals surface area contributed by atoms with Crippen LogP contribution in [0.2, 0.25) is 0 Å². The van der Waals surface area contributed by atoms with E-state index in [9.17, 15) is 0 Å². The van der Waals surface area contributed by atoms with Crippen molar-refractivity contribution in [3.63, 3.8) is 0 Å². The van der Waals surface area contributed by atoms with Crippen LogP contribution in [-0.2, 0) is 26.2 Å². The van der Waals surface area contributed by atoms with Crippen LogP contribution in [0.15, 0.2) is 79.3 Å². The first-order chi connectivity index (χ1) is 15.1. The number of aromatic nitrogens is 2. The van der Waals surface area contributed by atoms with Gasteiger partial charge in [0.15, 0.2) is 0 Å². The highest BCUT2D eigenvalue weighted by molar-refractivity contribution is 5.83. The second-order valence-corrected chi connectivity index (χ2v) is 8.65. The van der Waals surface area contributed by atoms with E-state index in [0.717, 1.165) is 32.7 Å². The number of nitrogens with zero attached hydrogens (tertiary/aromatic N) is 4. The molecule has 160 valence electrons. The van der Waals surface area contributed by atoms with Crippen LogP contribution in [0.4, 0.5) is 0 Å². The van der Waals surface area contributed by atoms with Crippen LogP contribution < -0.4 is 0 Å². The summed E-state index contributed by atoms with van der Waals surface area (Å²) in [5.74, 6) is 0. The van der Waals surface area contributed by atoms with E-state index in [0.29, 0.717) is 0 Å². The van der Waals surface area contributed by atoms with E-state index in [1.807, 2.05) is 12.4 Å². The van der Waals surface area contributed by atoms with Crippen molar-refractivity contribution >= 4 is 10.9 Å². The van der Waals surface area contributed by atoms with Crippen LogP contribution in [-0.4, -0.2) is 40.0 Å². The van der Waals surface area contributed by atoms with Crippen molar-refractivity contribution < 1.29 is 0 Å². The minimum atomic E-state index is 0.896. The second kappa shape index (κ2) is 9.90. The van der Waals surface area contributed by atoms with Gasteiger partial charge in [-0.25, -0.2) is 0 Å². The molecule has 0 N–H and O–H groups in total. The highest BCUT2D eigenvalue weighted by Gasteiger charge is 2.14. The molecule has 4 heteroatoms. The Morgan fingerprint density at radius 2 is 1.48 bits per heavy atom. The van der Waals surface area contributed by atoms with E-state index in [1.54, 1.807) is 0 Å². The molecular formula is C27H32N4. The Bertz CT molecular complexity index is 1100. The summed E-state index contributed by atoms with van der Waals surface area (Å²) in [5.41, 5.74) is 6.64. The molecular weight excluding hydrogens is 380 g/mol. The molecule has 0 saturated carbocycles. The van der Waals surface area contributed by atoms with Crippen LogP contribution in [0.1, 0.15) is 22.3 Å². The van der Waals surface area contributed by atoms with E-state index < -0.39 is 0 Å². The monoisotopic (exact) mass is 412 g/mol. The molecule has 0 bridgehead atoms. The van der Waals surface area contributed by atoms with Gasteiger partial charge in [-0.2, -0.15) is 0 Å². The molecule has 0 aliphatic heterocycles. The average Bonchev–Trinajstić information content (AvgIpc) is 3.12. The number of aryl methyl sites for hydroxylation is 1. The van der Waals surface area contributed by atoms with Crippen molar-refractivity contribution in [2.24, 2.45) is 0 Å². The zero-order valence-electron chi connectivity index (χ0n) is 18.8. The van der Waals surface area contributed by atoms with Gasteiger partial charge >= 0.3 is 0 Å². The number of para-hydroxylation sites is 1. The summed E-state index contributed by atoms with van der Waals surface area (Å²) >= 11 is 0. The van der Waals surface area contributed by atoms with Crippen LogP contribution in [0.25, 0.3) is 10.9 Å². The van der Waals surface area contributed by atoms with Crippen molar-refractivity contribution in [3.05, 3.63) is 102 Å². The molecule has 0 saturated heterocycles. The third kappa shape index (κ3) is 5.60. The fourth-order valence-corrected chi connectivity index (χ4v) is 4.05. The molecule has 0 spiro atoms. The van der Waals surface area contributed by atoms with E-state index in [1.165, 1.54) is 33.2 Å². The Hall–Kier alpha value is -2.95. The molecule has 2 aromatic heterocycles. The Morgan fingerprint density at radius 3 is 2.19 bits per heavy atom. The van der Waals surface area contributed by atoms with Gasteiger partial charge in [0.25, 0.3) is 0 Å². The lowest BCUT2D eigenvalue weighted by atomic mass is 10.1. The van der Waals surface area contributed by atoms with Gasteiger partial charge in [0.05, 0.1) is 0 Å². The van der Waals surface area contributed by atoms with Crippen LogP contribution >= 0.6 is 0 Å². The van der Waals surface area contributed by atoms with Crippen molar-refractivity contribution in [1.82, 2.24) is 19.4 Å². The van der Waals surface area contributed by atoms with Gasteiger partial charge < -0.3 is 9.47 Å². The number of rotatable bonds is 9. The molecule has 4 nitrogen and oxygen atoms in total. The number of benzene rings is 2. The van der Waals surface area contributed by atoms with Crippen LogP contribution in [0.5, 0.6) is 0 Å². The first-order valence-corrected chi connectivity index (χ1v) is 11.0. The molecule has 0 unspecified atom stereocenters. The normalized spacial score (nSPS) is 11.6. The third-order valence-electron chi connectivity index (χ3n) is 5.74. The smallest absolute Gasteiger partial charge is 0.0484 e. The van der Waals surface area contributed by atoms with Gasteiger partial charge in [-0.15, -0.1) is 0 Å². The fraction of sp³-hybridized carbons (Fsp3) is 0.296. The van der Waals surface area contributed by atoms with Crippen LogP contribution in [0.3, 0.4) is 0 Å². The first-order valence-electron chi connectivity index (χ1n) is 11.0. The van der Waals surface area contributed by atoms with Crippen LogP contribution in [0, 0.1) is 6.92 Å². The van der Waals surface area contributed by atoms with Gasteiger partial charge in [-0.1, -0.05) is 48.0 Å². The number of pyridine rings is 1. The Balaban J connectivity index is 1.62. The molecule has 0 aliphatic rings. The highest BCUT2D eigenvalue weighted by Crippen LogP contribution is 2.24. The lowest BCUT2D eigenvalue weighted by Gasteiger charge is -2.22. The lowest BCUT2D eigenvalue weighted by Crippen LogP contribution is -2.22. The molecule has 31 heavy (non-hydrogen) atoms. The molecule has 2 heterocycles. The van der Waals surface area contributed by atoms with Crippen molar-refractivity contribution in [3.8, 4) is 0 Å². The lowest BCUT2D eigenvalue weighted by molar-refractivity contribution is 0.248. The Kier molecular flexibility index (Phi) is 6.80. The number of fused-ring (bicyclic) bond motifs is 1. The summed E-state index contributed by atoms with van der Waals surface area (Å²) in [7, 11) is 4.26. The Labute approximate surface area is 185 Å². The van der Waals surface area contributed by atoms with E-state index in [4.69, 9.17) is 0 Å². The highest BCUT2D eigenvalue weighted by atomic mass is 15.1. The molecule has 0 fully saturated rings. The van der Waals surface area contributed by atoms with E-state index in [-0.39, 0.29) is 0 Å². The molecule has 4 aromatic rings. The van der Waals surface area contributed by atoms with Crippen molar-refractivity contribution in [1.29, 1.82) is 0 Å². The summed E-state index contributed by atoms with van der Waals surface area (Å²) in [6.45, 7) is 6.89. The average molecular weight is 413 g/mol. The molecule has 0 radical (unpaired) electrons. The largest absolute Gasteiger partial charge is 0.346 e. The SMILES string of the molecule is Cc1ccc(CN(Cc2ccncc2)Cc2cn(CCN(C)C)c3ccccc23)cc1. The maximum atomic E-state index is 4.18. The third-order valence-corrected chi connectivity index (χ3v) is 5.74. The summed E-state index contributed by atoms with van der Waals surface area (Å²) in [5, 5.41) is 1.35. The maximum absolute atomic E-state index is 4.18. The van der Waals surface area contributed by atoms with E-state index >= 15 is 0 Å². The number of likely N-dealkylation sites (N-methyl/N-ethyl adjacent to an activating group) is 1. The molecule has 0 amide bonds. The minimum absolute atomic E-state index is 0.896. The minimum Gasteiger partial charge on any atom is -0.346 e. The number of hydrogen-bond donors (Lipinski definition) is 0. The second-order valence-electron chi connectivity index (χ2n) is 8.65. The zero-order valence-corrected chi connectivity index (χ0v) is 18.8. The molecule has 0 atom stereocenters. The van der Waals surface area contributed by atoms with Gasteiger partial charge in [0.2, 0.25) is 0 Å².